The summed E-state index contributed by atoms with van der Waals surface area (Å²) in [6.45, 7) is 21.3. The molecule has 11 atom stereocenters. The number of carboxylic acids is 1. The second kappa shape index (κ2) is 48.4. The van der Waals surface area contributed by atoms with Gasteiger partial charge in [0.05, 0.1) is 88.1 Å². The summed E-state index contributed by atoms with van der Waals surface area (Å²) < 4.78 is 31.4. The third-order valence-electron chi connectivity index (χ3n) is 23.4. The van der Waals surface area contributed by atoms with Crippen LogP contribution in [0.1, 0.15) is 173 Å². The maximum atomic E-state index is 14.9. The summed E-state index contributed by atoms with van der Waals surface area (Å²) in [6, 6.07) is 22.3. The number of fused-ring (bicyclic) bond motifs is 1. The number of carbonyl (C=O) groups is 11. The number of likely N-dealkylation sites (tertiary alicyclic amines) is 2. The molecule has 2 saturated heterocycles. The molecule has 119 heavy (non-hydrogen) atoms. The van der Waals surface area contributed by atoms with Crippen LogP contribution in [0.3, 0.4) is 0 Å². The van der Waals surface area contributed by atoms with E-state index in [2.05, 4.69) is 49.1 Å². The van der Waals surface area contributed by atoms with Crippen molar-refractivity contribution in [2.45, 2.75) is 227 Å². The van der Waals surface area contributed by atoms with Crippen molar-refractivity contribution in [2.24, 2.45) is 35.5 Å². The number of aryl methyl sites for hydroxylation is 1. The number of aliphatic carboxylic acids is 1. The topological polar surface area (TPSA) is 340 Å². The second-order valence-corrected chi connectivity index (χ2v) is 33.7. The molecule has 2 fully saturated rings. The van der Waals surface area contributed by atoms with Gasteiger partial charge < -0.3 is 68.9 Å². The molecule has 0 aliphatic carbocycles. The Bertz CT molecular complexity index is 4080. The van der Waals surface area contributed by atoms with Crippen molar-refractivity contribution in [1.82, 2.24) is 60.4 Å². The minimum absolute atomic E-state index is 0.0160. The second-order valence-electron chi connectivity index (χ2n) is 32.8. The average molecular weight is 1670 g/mol. The Labute approximate surface area is 707 Å². The van der Waals surface area contributed by atoms with E-state index >= 15 is 0 Å². The molecule has 2 aromatic heterocycles. The molecule has 1 unspecified atom stereocenters. The Hall–Kier alpha value is -9.04. The van der Waals surface area contributed by atoms with E-state index in [1.807, 2.05) is 120 Å². The molecule has 0 saturated carbocycles. The van der Waals surface area contributed by atoms with Crippen LogP contribution in [0.5, 0.6) is 0 Å². The van der Waals surface area contributed by atoms with Crippen LogP contribution in [0.25, 0.3) is 10.9 Å². The van der Waals surface area contributed by atoms with Crippen molar-refractivity contribution in [3.63, 3.8) is 0 Å². The van der Waals surface area contributed by atoms with Gasteiger partial charge in [-0.25, -0.2) is 14.8 Å². The van der Waals surface area contributed by atoms with Crippen molar-refractivity contribution in [1.29, 1.82) is 0 Å². The van der Waals surface area contributed by atoms with Crippen LogP contribution in [-0.2, 0) is 104 Å². The number of benzene rings is 3. The molecular formula is C89H132N12O17S. The first-order chi connectivity index (χ1) is 56.8. The van der Waals surface area contributed by atoms with Crippen molar-refractivity contribution in [3.8, 4) is 0 Å². The Kier molecular flexibility index (Phi) is 39.5. The molecule has 2 aliphatic heterocycles. The summed E-state index contributed by atoms with van der Waals surface area (Å²) in [5.74, 6) is -6.42. The highest BCUT2D eigenvalue weighted by Crippen LogP contribution is 2.33. The van der Waals surface area contributed by atoms with Crippen molar-refractivity contribution >= 4 is 87.2 Å². The average Bonchev–Trinajstić information content (AvgIpc) is 1.69. The van der Waals surface area contributed by atoms with E-state index < -0.39 is 95.9 Å². The monoisotopic (exact) mass is 1670 g/mol. The minimum Gasteiger partial charge on any atom is -0.481 e. The van der Waals surface area contributed by atoms with Crippen LogP contribution in [0.15, 0.2) is 96.5 Å². The number of piperidine rings is 1. The van der Waals surface area contributed by atoms with E-state index in [0.717, 1.165) is 27.2 Å². The Balaban J connectivity index is 0.879. The Morgan fingerprint density at radius 1 is 0.672 bits per heavy atom. The number of para-hydroxylation sites is 1. The third-order valence-corrected chi connectivity index (χ3v) is 24.3. The van der Waals surface area contributed by atoms with Gasteiger partial charge in [-0.3, -0.25) is 58.3 Å². The summed E-state index contributed by atoms with van der Waals surface area (Å²) in [4.78, 5) is 165. The lowest BCUT2D eigenvalue weighted by atomic mass is 9.88. The molecule has 656 valence electrons. The first-order valence-corrected chi connectivity index (χ1v) is 43.1. The number of carbonyl (C=O) groups excluding carboxylic acids is 10. The van der Waals surface area contributed by atoms with E-state index in [1.54, 1.807) is 80.1 Å². The quantitative estimate of drug-likeness (QED) is 0.0179. The molecule has 8 amide bonds. The molecule has 0 bridgehead atoms. The van der Waals surface area contributed by atoms with Crippen LogP contribution < -0.4 is 21.4 Å². The van der Waals surface area contributed by atoms with Gasteiger partial charge in [-0.05, 0) is 104 Å². The summed E-state index contributed by atoms with van der Waals surface area (Å²) >= 11 is 1.47. The number of nitrogens with one attached hydrogen (secondary N) is 4. The lowest BCUT2D eigenvalue weighted by molar-refractivity contribution is -0.148. The van der Waals surface area contributed by atoms with Crippen LogP contribution in [0.2, 0.25) is 0 Å². The molecular weight excluding hydrogens is 1540 g/mol. The number of methoxy groups -OCH3 is 2. The highest BCUT2D eigenvalue weighted by molar-refractivity contribution is 7.09. The molecule has 4 heterocycles. The zero-order valence-electron chi connectivity index (χ0n) is 72.8. The van der Waals surface area contributed by atoms with E-state index in [0.29, 0.717) is 88.8 Å². The first kappa shape index (κ1) is 97.1. The molecule has 29 nitrogen and oxygen atoms in total. The van der Waals surface area contributed by atoms with E-state index in [1.165, 1.54) is 30.4 Å². The minimum atomic E-state index is -1.07. The maximum absolute atomic E-state index is 14.9. The normalized spacial score (nSPS) is 16.5. The number of thiazole rings is 1. The molecule has 0 spiro atoms. The van der Waals surface area contributed by atoms with Crippen LogP contribution in [0.4, 0.5) is 4.79 Å². The van der Waals surface area contributed by atoms with Gasteiger partial charge in [-0.15, -0.1) is 11.3 Å². The summed E-state index contributed by atoms with van der Waals surface area (Å²) in [7, 11) is 10.0. The van der Waals surface area contributed by atoms with Gasteiger partial charge in [-0.1, -0.05) is 142 Å². The number of Topliss-reactive ketones (excluding diaryl/α,β-unsaturated/α-hetero) is 2. The molecule has 5 aromatic rings. The lowest BCUT2D eigenvalue weighted by Crippen LogP contribution is -2.60. The summed E-state index contributed by atoms with van der Waals surface area (Å²) in [6.07, 6.45) is 2.70. The highest BCUT2D eigenvalue weighted by atomic mass is 32.1. The molecule has 3 aromatic carbocycles. The predicted molar refractivity (Wildman–Crippen MR) is 455 cm³/mol. The Morgan fingerprint density at radius 3 is 1.97 bits per heavy atom. The van der Waals surface area contributed by atoms with Gasteiger partial charge in [0.2, 0.25) is 41.4 Å². The number of hydrogen-bond donors (Lipinski definition) is 5. The molecule has 30 heteroatoms. The number of hydrogen-bond acceptors (Lipinski definition) is 20. The first-order valence-electron chi connectivity index (χ1n) is 42.2. The zero-order valence-corrected chi connectivity index (χ0v) is 73.7. The van der Waals surface area contributed by atoms with Crippen molar-refractivity contribution in [2.75, 3.05) is 95.0 Å². The molecule has 2 aliphatic rings. The van der Waals surface area contributed by atoms with Gasteiger partial charge >= 0.3 is 12.1 Å². The van der Waals surface area contributed by atoms with Crippen molar-refractivity contribution < 1.29 is 81.5 Å². The number of ketones is 2. The van der Waals surface area contributed by atoms with Crippen LogP contribution in [0, 0.1) is 35.5 Å². The summed E-state index contributed by atoms with van der Waals surface area (Å²) in [5, 5.41) is 23.7. The fraction of sp³-hybridized carbons (Fsp3) is 0.618. The number of nitrogens with zero attached hydrogens (tertiary/aromatic N) is 8. The van der Waals surface area contributed by atoms with E-state index in [-0.39, 0.29) is 137 Å². The number of carboxylic acid groups (broad SMARTS) is 1. The van der Waals surface area contributed by atoms with Gasteiger partial charge in [0.1, 0.15) is 29.5 Å². The number of ether oxygens (including phenoxy) is 5. The van der Waals surface area contributed by atoms with E-state index in [9.17, 15) is 52.7 Å². The van der Waals surface area contributed by atoms with Crippen LogP contribution >= 0.6 is 11.3 Å². The largest absolute Gasteiger partial charge is 0.481 e. The standard InChI is InChI=1S/C89H132N12O17S/c1-17-60(8)82(75(114-15)54-78(106)101-40-23-28-73(101)83(115-16)61(9)84(109)93-71(87-91-39-49-119-87)50-63-24-19-18-20-25-63)96(13)88(112)80(58(4)5)94-86(111)81(59(6)7)97(14)89(113)118-56-65-31-29-64(30-32-65)51-74(103)62(10)92-85(110)70(57(2)3)53-69(102)33-34-77(105)100(44-46-117-48-47-116-45-38-79(107)108)67-35-41-98(42-36-67)76(104)37-43-99-68(55-95(12)90-11)52-66-26-21-22-27-72(66)99/h18-22,24-27,29-32,39,49,52,57-62,67,70-71,73,75,80-83,90H,17,23,28,33-38,40-48,50-51,53-56H2,1-16H3,(H,92,110)(H,93,109)(H,94,111)(H,107,108)/t60-,61+,62-,70-,71-,73-,75+,80-,81?,82-,83+/m0/s1. The van der Waals surface area contributed by atoms with Crippen LogP contribution in [-0.4, -0.2) is 253 Å². The smallest absolute Gasteiger partial charge is 0.410 e. The highest BCUT2D eigenvalue weighted by Gasteiger charge is 2.45. The number of rotatable bonds is 50. The summed E-state index contributed by atoms with van der Waals surface area (Å²) in [5.41, 5.74) is 7.54. The van der Waals surface area contributed by atoms with Gasteiger partial charge in [0.25, 0.3) is 0 Å². The number of hydrazine groups is 1. The molecule has 0 radical (unpaired) electrons. The molecule has 5 N–H and O–H groups in total. The lowest BCUT2D eigenvalue weighted by Gasteiger charge is -2.41. The number of likely N-dealkylation sites (N-methyl/N-ethyl adjacent to an activating group) is 2. The SMILES string of the molecule is CC[C@H](C)[C@@H]([C@@H](CC(=O)N1CCC[C@H]1[C@H](OC)[C@@H](C)C(=O)N[C@@H](Cc1ccccc1)c1nccs1)OC)N(C)C(=O)[C@@H](NC(=O)C(C(C)C)N(C)C(=O)OCc1ccc(CC(=O)[C@H](C)NC(=O)[C@@H](CC(=O)CCC(=O)N(CCOCCOCCC(=O)O)C2CCN(C(=O)CCn3c(CN(C)NC)cc4ccccc43)CC2)C(C)C)cc1)C(C)C. The number of amides is 8. The maximum Gasteiger partial charge on any atom is 0.410 e. The van der Waals surface area contributed by atoms with Gasteiger partial charge in [0, 0.05) is 135 Å². The van der Waals surface area contributed by atoms with Gasteiger partial charge in [0.15, 0.2) is 5.78 Å². The van der Waals surface area contributed by atoms with E-state index in [4.69, 9.17) is 28.8 Å². The number of aromatic nitrogens is 2. The fourth-order valence-electron chi connectivity index (χ4n) is 16.1. The Morgan fingerprint density at radius 2 is 1.34 bits per heavy atom. The predicted octanol–water partition coefficient (Wildman–Crippen LogP) is 9.46. The molecule has 7 rings (SSSR count). The van der Waals surface area contributed by atoms with Crippen molar-refractivity contribution in [3.05, 3.63) is 124 Å². The zero-order chi connectivity index (χ0) is 87.2. The van der Waals surface area contributed by atoms with Gasteiger partial charge in [-0.2, -0.15) is 0 Å². The fourth-order valence-corrected chi connectivity index (χ4v) is 16.8. The third kappa shape index (κ3) is 28.5.